The highest BCUT2D eigenvalue weighted by molar-refractivity contribution is 7.90. The van der Waals surface area contributed by atoms with Crippen LogP contribution < -0.4 is 0 Å². The molecule has 0 bridgehead atoms. The second-order valence-electron chi connectivity index (χ2n) is 6.82. The molecule has 2 heterocycles. The highest BCUT2D eigenvalue weighted by Crippen LogP contribution is 2.34. The molecule has 28 heavy (non-hydrogen) atoms. The van der Waals surface area contributed by atoms with Crippen molar-refractivity contribution in [2.75, 3.05) is 19.9 Å². The van der Waals surface area contributed by atoms with Crippen LogP contribution in [0.25, 0.3) is 0 Å². The first-order valence-corrected chi connectivity index (χ1v) is 10.6. The van der Waals surface area contributed by atoms with Crippen LogP contribution in [0.3, 0.4) is 0 Å². The summed E-state index contributed by atoms with van der Waals surface area (Å²) >= 11 is 0. The van der Waals surface area contributed by atoms with Crippen molar-refractivity contribution in [1.82, 2.24) is 5.01 Å². The van der Waals surface area contributed by atoms with Gasteiger partial charge in [-0.05, 0) is 37.1 Å². The van der Waals surface area contributed by atoms with E-state index < -0.39 is 15.6 Å². The number of hydrogen-bond acceptors (Lipinski definition) is 8. The summed E-state index contributed by atoms with van der Waals surface area (Å²) in [4.78, 5) is 28.2. The summed E-state index contributed by atoms with van der Waals surface area (Å²) in [6, 6.07) is 3.27. The monoisotopic (exact) mass is 403 g/mol. The van der Waals surface area contributed by atoms with E-state index in [1.165, 1.54) is 5.01 Å². The molecule has 0 spiro atoms. The number of carbonyl (C=O) groups is 2. The van der Waals surface area contributed by atoms with Gasteiger partial charge in [0.25, 0.3) is 0 Å². The molecule has 0 radical (unpaired) electrons. The van der Waals surface area contributed by atoms with Gasteiger partial charge < -0.3 is 4.84 Å². The van der Waals surface area contributed by atoms with Crippen molar-refractivity contribution >= 4 is 33.3 Å². The fraction of sp³-hybridized carbons (Fsp3) is 0.368. The van der Waals surface area contributed by atoms with Gasteiger partial charge in [0.15, 0.2) is 16.1 Å². The molecule has 148 valence electrons. The maximum Gasteiger partial charge on any atom is 0.242 e. The number of hydrogen-bond donors (Lipinski definition) is 0. The number of rotatable bonds is 5. The van der Waals surface area contributed by atoms with Gasteiger partial charge in [-0.25, -0.2) is 8.42 Å². The Balaban J connectivity index is 2.21. The molecule has 8 nitrogen and oxygen atoms in total. The smallest absolute Gasteiger partial charge is 0.242 e. The average molecular weight is 403 g/mol. The average Bonchev–Trinajstić information content (AvgIpc) is 3.15. The molecule has 0 saturated carbocycles. The number of allylic oxidation sites excluding steroid dienone is 2. The third-order valence-electron chi connectivity index (χ3n) is 4.89. The number of aldehydes is 1. The van der Waals surface area contributed by atoms with Gasteiger partial charge in [-0.15, -0.1) is 0 Å². The molecule has 0 N–H and O–H groups in total. The SMILES string of the molecule is CC1=NN(C)C(C(=O)C=O)=CC1c1ccc(S(C)(=O)=O)c(C2=NOCC2)c1C. The Morgan fingerprint density at radius 2 is 2.04 bits per heavy atom. The zero-order valence-corrected chi connectivity index (χ0v) is 16.9. The maximum atomic E-state index is 12.3. The number of nitrogens with zero attached hydrogens (tertiary/aromatic N) is 3. The van der Waals surface area contributed by atoms with Crippen LogP contribution in [0.15, 0.2) is 39.1 Å². The van der Waals surface area contributed by atoms with Crippen LogP contribution in [0, 0.1) is 6.92 Å². The maximum absolute atomic E-state index is 12.3. The van der Waals surface area contributed by atoms with E-state index in [1.807, 2.05) is 13.8 Å². The summed E-state index contributed by atoms with van der Waals surface area (Å²) in [5, 5.41) is 9.75. The fourth-order valence-electron chi connectivity index (χ4n) is 3.55. The van der Waals surface area contributed by atoms with Crippen LogP contribution in [0.2, 0.25) is 0 Å². The van der Waals surface area contributed by atoms with Gasteiger partial charge in [0, 0.05) is 36.9 Å². The Bertz CT molecular complexity index is 1050. The van der Waals surface area contributed by atoms with E-state index in [-0.39, 0.29) is 22.8 Å². The first kappa shape index (κ1) is 19.9. The Morgan fingerprint density at radius 1 is 1.32 bits per heavy atom. The molecule has 1 atom stereocenters. The van der Waals surface area contributed by atoms with Crippen LogP contribution in [0.1, 0.15) is 36.0 Å². The highest BCUT2D eigenvalue weighted by atomic mass is 32.2. The van der Waals surface area contributed by atoms with Crippen LogP contribution in [-0.2, 0) is 24.3 Å². The van der Waals surface area contributed by atoms with Gasteiger partial charge in [0.2, 0.25) is 5.78 Å². The third-order valence-corrected chi connectivity index (χ3v) is 6.03. The van der Waals surface area contributed by atoms with E-state index in [9.17, 15) is 18.0 Å². The molecule has 0 amide bonds. The van der Waals surface area contributed by atoms with Crippen LogP contribution in [0.4, 0.5) is 0 Å². The number of oxime groups is 1. The van der Waals surface area contributed by atoms with Gasteiger partial charge in [-0.2, -0.15) is 5.10 Å². The van der Waals surface area contributed by atoms with E-state index in [0.717, 1.165) is 23.1 Å². The van der Waals surface area contributed by atoms with Gasteiger partial charge in [0.05, 0.1) is 10.6 Å². The number of benzene rings is 1. The van der Waals surface area contributed by atoms with Crippen molar-refractivity contribution in [1.29, 1.82) is 0 Å². The predicted molar refractivity (Wildman–Crippen MR) is 104 cm³/mol. The Hall–Kier alpha value is -2.81. The highest BCUT2D eigenvalue weighted by Gasteiger charge is 2.29. The van der Waals surface area contributed by atoms with Crippen LogP contribution in [-0.4, -0.2) is 56.8 Å². The van der Waals surface area contributed by atoms with Crippen LogP contribution in [0.5, 0.6) is 0 Å². The molecule has 1 aromatic rings. The van der Waals surface area contributed by atoms with Gasteiger partial charge in [0.1, 0.15) is 12.3 Å². The largest absolute Gasteiger partial charge is 0.395 e. The summed E-state index contributed by atoms with van der Waals surface area (Å²) < 4.78 is 24.6. The molecule has 0 aromatic heterocycles. The summed E-state index contributed by atoms with van der Waals surface area (Å²) in [6.45, 7) is 4.04. The normalized spacial score (nSPS) is 19.5. The second kappa shape index (κ2) is 7.31. The molecule has 9 heteroatoms. The Labute approximate surface area is 163 Å². The summed E-state index contributed by atoms with van der Waals surface area (Å²) in [5.74, 6) is -1.03. The Kier molecular flexibility index (Phi) is 5.20. The lowest BCUT2D eigenvalue weighted by atomic mass is 9.86. The minimum atomic E-state index is -3.48. The molecular formula is C19H21N3O5S. The van der Waals surface area contributed by atoms with Crippen molar-refractivity contribution in [3.8, 4) is 0 Å². The molecule has 1 aromatic carbocycles. The van der Waals surface area contributed by atoms with Crippen molar-refractivity contribution in [3.63, 3.8) is 0 Å². The topological polar surface area (TPSA) is 105 Å². The molecule has 0 fully saturated rings. The third kappa shape index (κ3) is 3.49. The lowest BCUT2D eigenvalue weighted by molar-refractivity contribution is -0.128. The van der Waals surface area contributed by atoms with E-state index in [1.54, 1.807) is 25.3 Å². The zero-order valence-electron chi connectivity index (χ0n) is 16.1. The van der Waals surface area contributed by atoms with Crippen molar-refractivity contribution < 1.29 is 22.8 Å². The van der Waals surface area contributed by atoms with Gasteiger partial charge >= 0.3 is 0 Å². The minimum Gasteiger partial charge on any atom is -0.395 e. The molecule has 3 rings (SSSR count). The van der Waals surface area contributed by atoms with Crippen molar-refractivity contribution in [2.45, 2.75) is 31.1 Å². The first-order valence-electron chi connectivity index (χ1n) is 8.68. The lowest BCUT2D eigenvalue weighted by Gasteiger charge is -2.27. The summed E-state index contributed by atoms with van der Waals surface area (Å²) in [5.41, 5.74) is 3.53. The van der Waals surface area contributed by atoms with E-state index in [4.69, 9.17) is 4.84 Å². The van der Waals surface area contributed by atoms with Gasteiger partial charge in [-0.1, -0.05) is 11.2 Å². The quantitative estimate of drug-likeness (QED) is 0.546. The standard InChI is InChI=1S/C19H21N3O5S/c1-11-13(14-9-16(17(24)10-23)22(3)20-12(14)2)5-6-18(28(4,25)26)19(11)15-7-8-27-21-15/h5-6,9-10,14H,7-8H2,1-4H3. The van der Waals surface area contributed by atoms with Crippen molar-refractivity contribution in [3.05, 3.63) is 40.6 Å². The summed E-state index contributed by atoms with van der Waals surface area (Å²) in [7, 11) is -1.88. The van der Waals surface area contributed by atoms with Gasteiger partial charge in [-0.3, -0.25) is 14.6 Å². The number of hydrazone groups is 1. The van der Waals surface area contributed by atoms with Crippen molar-refractivity contribution in [2.24, 2.45) is 10.3 Å². The molecule has 0 aliphatic carbocycles. The molecular weight excluding hydrogens is 382 g/mol. The zero-order chi connectivity index (χ0) is 20.6. The molecule has 2 aliphatic heterocycles. The number of likely N-dealkylation sites (N-methyl/N-ethyl adjacent to an activating group) is 1. The molecule has 1 unspecified atom stereocenters. The summed E-state index contributed by atoms with van der Waals surface area (Å²) in [6.07, 6.45) is 3.60. The van der Waals surface area contributed by atoms with E-state index >= 15 is 0 Å². The fourth-order valence-corrected chi connectivity index (χ4v) is 4.50. The van der Waals surface area contributed by atoms with E-state index in [0.29, 0.717) is 24.3 Å². The Morgan fingerprint density at radius 3 is 2.61 bits per heavy atom. The number of Topliss-reactive ketones (excluding diaryl/α,β-unsaturated/α-hetero) is 1. The van der Waals surface area contributed by atoms with Crippen LogP contribution >= 0.6 is 0 Å². The molecule has 2 aliphatic rings. The predicted octanol–water partition coefficient (Wildman–Crippen LogP) is 1.58. The lowest BCUT2D eigenvalue weighted by Crippen LogP contribution is -2.28. The van der Waals surface area contributed by atoms with E-state index in [2.05, 4.69) is 10.3 Å². The number of ketones is 1. The minimum absolute atomic E-state index is 0.181. The molecule has 0 saturated heterocycles. The first-order chi connectivity index (χ1) is 13.1. The second-order valence-corrected chi connectivity index (χ2v) is 8.81. The number of sulfone groups is 1. The number of carbonyl (C=O) groups excluding carboxylic acids is 2.